The second kappa shape index (κ2) is 4.44. The summed E-state index contributed by atoms with van der Waals surface area (Å²) in [5.41, 5.74) is 8.29. The summed E-state index contributed by atoms with van der Waals surface area (Å²) in [6.45, 7) is 4.16. The molecule has 14 heavy (non-hydrogen) atoms. The van der Waals surface area contributed by atoms with Crippen LogP contribution >= 0.6 is 0 Å². The zero-order valence-corrected chi connectivity index (χ0v) is 8.87. The predicted octanol–water partition coefficient (Wildman–Crippen LogP) is 1.30. The molecule has 3 N–H and O–H groups in total. The maximum Gasteiger partial charge on any atom is 0.124 e. The first kappa shape index (κ1) is 11.0. The summed E-state index contributed by atoms with van der Waals surface area (Å²) in [4.78, 5) is 0. The summed E-state index contributed by atoms with van der Waals surface area (Å²) >= 11 is 0. The molecule has 0 aliphatic heterocycles. The molecule has 1 atom stereocenters. The van der Waals surface area contributed by atoms with Gasteiger partial charge in [-0.15, -0.1) is 0 Å². The van der Waals surface area contributed by atoms with E-state index in [0.717, 1.165) is 22.4 Å². The first-order valence-electron chi connectivity index (χ1n) is 4.63. The van der Waals surface area contributed by atoms with Crippen LogP contribution in [-0.2, 0) is 0 Å². The van der Waals surface area contributed by atoms with Crippen LogP contribution in [0.25, 0.3) is 0 Å². The lowest BCUT2D eigenvalue weighted by Gasteiger charge is -2.14. The van der Waals surface area contributed by atoms with Crippen LogP contribution in [0, 0.1) is 13.8 Å². The van der Waals surface area contributed by atoms with E-state index in [1.165, 1.54) is 0 Å². The fourth-order valence-electron chi connectivity index (χ4n) is 1.63. The van der Waals surface area contributed by atoms with Crippen molar-refractivity contribution in [1.29, 1.82) is 0 Å². The number of aliphatic hydroxyl groups is 1. The monoisotopic (exact) mass is 195 g/mol. The minimum Gasteiger partial charge on any atom is -0.496 e. The van der Waals surface area contributed by atoms with Gasteiger partial charge in [-0.05, 0) is 42.7 Å². The van der Waals surface area contributed by atoms with Gasteiger partial charge in [-0.3, -0.25) is 0 Å². The largest absolute Gasteiger partial charge is 0.496 e. The topological polar surface area (TPSA) is 55.5 Å². The zero-order valence-electron chi connectivity index (χ0n) is 8.87. The molecule has 0 saturated carbocycles. The Labute approximate surface area is 84.5 Å². The molecule has 0 aliphatic rings. The lowest BCUT2D eigenvalue weighted by Crippen LogP contribution is -2.12. The third kappa shape index (κ3) is 2.05. The summed E-state index contributed by atoms with van der Waals surface area (Å²) in [6.07, 6.45) is -0.585. The number of hydrogen-bond donors (Lipinski definition) is 2. The van der Waals surface area contributed by atoms with Gasteiger partial charge in [0.2, 0.25) is 0 Å². The van der Waals surface area contributed by atoms with Crippen molar-refractivity contribution in [2.24, 2.45) is 5.73 Å². The molecule has 0 spiro atoms. The van der Waals surface area contributed by atoms with Crippen LogP contribution in [-0.4, -0.2) is 18.8 Å². The Balaban J connectivity index is 3.13. The lowest BCUT2D eigenvalue weighted by atomic mass is 10.0. The molecule has 1 unspecified atom stereocenters. The third-order valence-electron chi connectivity index (χ3n) is 2.29. The highest BCUT2D eigenvalue weighted by molar-refractivity contribution is 5.43. The Hall–Kier alpha value is -1.06. The maximum absolute atomic E-state index is 9.58. The molecule has 0 heterocycles. The van der Waals surface area contributed by atoms with Crippen molar-refractivity contribution >= 4 is 0 Å². The molecule has 0 amide bonds. The minimum absolute atomic E-state index is 0.241. The lowest BCUT2D eigenvalue weighted by molar-refractivity contribution is 0.186. The molecule has 3 heteroatoms. The zero-order chi connectivity index (χ0) is 10.7. The Morgan fingerprint density at radius 3 is 2.21 bits per heavy atom. The summed E-state index contributed by atoms with van der Waals surface area (Å²) in [5.74, 6) is 0.873. The first-order valence-corrected chi connectivity index (χ1v) is 4.63. The predicted molar refractivity (Wildman–Crippen MR) is 56.5 cm³/mol. The van der Waals surface area contributed by atoms with Gasteiger partial charge in [-0.25, -0.2) is 0 Å². The van der Waals surface area contributed by atoms with E-state index in [1.807, 2.05) is 26.0 Å². The Morgan fingerprint density at radius 1 is 1.36 bits per heavy atom. The Bertz CT molecular complexity index is 300. The average Bonchev–Trinajstić information content (AvgIpc) is 2.16. The van der Waals surface area contributed by atoms with Gasteiger partial charge in [0.05, 0.1) is 13.2 Å². The smallest absolute Gasteiger partial charge is 0.124 e. The molecule has 1 rings (SSSR count). The second-order valence-electron chi connectivity index (χ2n) is 3.44. The van der Waals surface area contributed by atoms with Crippen LogP contribution < -0.4 is 10.5 Å². The molecular formula is C11H17NO2. The van der Waals surface area contributed by atoms with Gasteiger partial charge in [-0.2, -0.15) is 0 Å². The standard InChI is InChI=1S/C11H17NO2/c1-7-4-9(10(13)6-12)5-8(2)11(7)14-3/h4-5,10,13H,6,12H2,1-3H3. The molecule has 78 valence electrons. The molecule has 0 saturated heterocycles. The molecule has 1 aromatic rings. The van der Waals surface area contributed by atoms with E-state index in [0.29, 0.717) is 0 Å². The van der Waals surface area contributed by atoms with Crippen molar-refractivity contribution in [3.63, 3.8) is 0 Å². The van der Waals surface area contributed by atoms with Crippen molar-refractivity contribution in [1.82, 2.24) is 0 Å². The van der Waals surface area contributed by atoms with E-state index in [2.05, 4.69) is 0 Å². The number of methoxy groups -OCH3 is 1. The van der Waals surface area contributed by atoms with E-state index in [1.54, 1.807) is 7.11 Å². The van der Waals surface area contributed by atoms with E-state index < -0.39 is 6.10 Å². The number of ether oxygens (including phenoxy) is 1. The van der Waals surface area contributed by atoms with Crippen molar-refractivity contribution in [3.05, 3.63) is 28.8 Å². The highest BCUT2D eigenvalue weighted by atomic mass is 16.5. The van der Waals surface area contributed by atoms with Gasteiger partial charge in [0.15, 0.2) is 0 Å². The van der Waals surface area contributed by atoms with Crippen LogP contribution in [0.5, 0.6) is 5.75 Å². The number of aryl methyl sites for hydroxylation is 2. The molecular weight excluding hydrogens is 178 g/mol. The Morgan fingerprint density at radius 2 is 1.86 bits per heavy atom. The van der Waals surface area contributed by atoms with Gasteiger partial charge in [0.25, 0.3) is 0 Å². The van der Waals surface area contributed by atoms with Gasteiger partial charge < -0.3 is 15.6 Å². The van der Waals surface area contributed by atoms with Crippen molar-refractivity contribution in [2.75, 3.05) is 13.7 Å². The van der Waals surface area contributed by atoms with Crippen molar-refractivity contribution in [2.45, 2.75) is 20.0 Å². The summed E-state index contributed by atoms with van der Waals surface area (Å²) < 4.78 is 5.23. The molecule has 0 fully saturated rings. The highest BCUT2D eigenvalue weighted by Gasteiger charge is 2.10. The average molecular weight is 195 g/mol. The third-order valence-corrected chi connectivity index (χ3v) is 2.29. The quantitative estimate of drug-likeness (QED) is 0.764. The number of benzene rings is 1. The van der Waals surface area contributed by atoms with Gasteiger partial charge in [0, 0.05) is 6.54 Å². The normalized spacial score (nSPS) is 12.6. The maximum atomic E-state index is 9.58. The fourth-order valence-corrected chi connectivity index (χ4v) is 1.63. The summed E-state index contributed by atoms with van der Waals surface area (Å²) in [5, 5.41) is 9.58. The van der Waals surface area contributed by atoms with Crippen LogP contribution in [0.3, 0.4) is 0 Å². The van der Waals surface area contributed by atoms with Crippen molar-refractivity contribution < 1.29 is 9.84 Å². The number of rotatable bonds is 3. The van der Waals surface area contributed by atoms with Crippen LogP contribution in [0.2, 0.25) is 0 Å². The van der Waals surface area contributed by atoms with E-state index in [9.17, 15) is 5.11 Å². The molecule has 3 nitrogen and oxygen atoms in total. The first-order chi connectivity index (χ1) is 6.60. The van der Waals surface area contributed by atoms with Crippen LogP contribution in [0.15, 0.2) is 12.1 Å². The highest BCUT2D eigenvalue weighted by Crippen LogP contribution is 2.26. The number of hydrogen-bond acceptors (Lipinski definition) is 3. The Kier molecular flexibility index (Phi) is 3.49. The summed E-state index contributed by atoms with van der Waals surface area (Å²) in [6, 6.07) is 3.81. The number of aliphatic hydroxyl groups excluding tert-OH is 1. The van der Waals surface area contributed by atoms with E-state index in [-0.39, 0.29) is 6.54 Å². The molecule has 0 aromatic heterocycles. The van der Waals surface area contributed by atoms with Crippen LogP contribution in [0.1, 0.15) is 22.8 Å². The van der Waals surface area contributed by atoms with Gasteiger partial charge in [0.1, 0.15) is 5.75 Å². The molecule has 1 aromatic carbocycles. The minimum atomic E-state index is -0.585. The van der Waals surface area contributed by atoms with Gasteiger partial charge >= 0.3 is 0 Å². The van der Waals surface area contributed by atoms with E-state index in [4.69, 9.17) is 10.5 Å². The summed E-state index contributed by atoms with van der Waals surface area (Å²) in [7, 11) is 1.65. The SMILES string of the molecule is COc1c(C)cc(C(O)CN)cc1C. The molecule has 0 bridgehead atoms. The van der Waals surface area contributed by atoms with Crippen molar-refractivity contribution in [3.8, 4) is 5.75 Å². The van der Waals surface area contributed by atoms with E-state index >= 15 is 0 Å². The molecule has 0 aliphatic carbocycles. The van der Waals surface area contributed by atoms with Crippen LogP contribution in [0.4, 0.5) is 0 Å². The second-order valence-corrected chi connectivity index (χ2v) is 3.44. The van der Waals surface area contributed by atoms with Gasteiger partial charge in [-0.1, -0.05) is 0 Å². The molecule has 0 radical (unpaired) electrons. The number of nitrogens with two attached hydrogens (primary N) is 1. The fraction of sp³-hybridized carbons (Fsp3) is 0.455.